The maximum absolute atomic E-state index is 4.34. The highest BCUT2D eigenvalue weighted by molar-refractivity contribution is 5.83. The first kappa shape index (κ1) is 13.7. The van der Waals surface area contributed by atoms with Crippen molar-refractivity contribution in [1.82, 2.24) is 15.8 Å². The number of nitrogens with one attached hydrogen (secondary N) is 2. The Bertz CT molecular complexity index is 676. The van der Waals surface area contributed by atoms with Gasteiger partial charge in [0.2, 0.25) is 0 Å². The standard InChI is InChI=1S/C18H22N4/c1-2-5-15-10-16(8-7-14(15)4-1)18(22-13-20-12-21-22)17-6-3-9-19-11-17/h1-2,4-5,7-8,10,13,17-19,21H,3,6,9,11-12H2/t17-,18?/m0/s1. The number of hydrogen-bond acceptors (Lipinski definition) is 4. The molecule has 2 aromatic rings. The molecule has 1 unspecified atom stereocenters. The van der Waals surface area contributed by atoms with E-state index in [0.717, 1.165) is 13.1 Å². The van der Waals surface area contributed by atoms with Crippen LogP contribution in [0.1, 0.15) is 24.4 Å². The van der Waals surface area contributed by atoms with Crippen LogP contribution in [0.15, 0.2) is 47.5 Å². The number of rotatable bonds is 3. The largest absolute Gasteiger partial charge is 0.316 e. The molecule has 0 aliphatic carbocycles. The maximum atomic E-state index is 4.34. The Kier molecular flexibility index (Phi) is 3.79. The number of aliphatic imine (C=N–C) groups is 1. The van der Waals surface area contributed by atoms with Crippen molar-refractivity contribution in [2.24, 2.45) is 10.9 Å². The predicted molar refractivity (Wildman–Crippen MR) is 90.6 cm³/mol. The second-order valence-corrected chi connectivity index (χ2v) is 6.18. The zero-order valence-electron chi connectivity index (χ0n) is 12.7. The van der Waals surface area contributed by atoms with Crippen LogP contribution in [0.2, 0.25) is 0 Å². The summed E-state index contributed by atoms with van der Waals surface area (Å²) in [6.07, 6.45) is 4.46. The molecule has 2 N–H and O–H groups in total. The van der Waals surface area contributed by atoms with Crippen LogP contribution in [0.4, 0.5) is 0 Å². The van der Waals surface area contributed by atoms with Gasteiger partial charge < -0.3 is 5.32 Å². The average Bonchev–Trinajstić information content (AvgIpc) is 3.10. The summed E-state index contributed by atoms with van der Waals surface area (Å²) < 4.78 is 0. The van der Waals surface area contributed by atoms with Crippen LogP contribution in [0.3, 0.4) is 0 Å². The molecule has 1 saturated heterocycles. The van der Waals surface area contributed by atoms with Crippen LogP contribution in [0.5, 0.6) is 0 Å². The Hall–Kier alpha value is -1.91. The third-order valence-electron chi connectivity index (χ3n) is 4.75. The zero-order valence-corrected chi connectivity index (χ0v) is 12.7. The first-order valence-electron chi connectivity index (χ1n) is 8.13. The second kappa shape index (κ2) is 6.07. The summed E-state index contributed by atoms with van der Waals surface area (Å²) >= 11 is 0. The van der Waals surface area contributed by atoms with Gasteiger partial charge in [-0.15, -0.1) is 0 Å². The van der Waals surface area contributed by atoms with Crippen molar-refractivity contribution in [3.05, 3.63) is 48.0 Å². The van der Waals surface area contributed by atoms with Gasteiger partial charge in [-0.1, -0.05) is 36.4 Å². The predicted octanol–water partition coefficient (Wildman–Crippen LogP) is 2.69. The summed E-state index contributed by atoms with van der Waals surface area (Å²) in [6, 6.07) is 15.8. The molecule has 2 aliphatic heterocycles. The summed E-state index contributed by atoms with van der Waals surface area (Å²) in [6.45, 7) is 2.90. The lowest BCUT2D eigenvalue weighted by atomic mass is 9.86. The molecule has 2 aromatic carbocycles. The maximum Gasteiger partial charge on any atom is 0.107 e. The van der Waals surface area contributed by atoms with Crippen molar-refractivity contribution in [3.63, 3.8) is 0 Å². The minimum atomic E-state index is 0.337. The van der Waals surface area contributed by atoms with E-state index in [2.05, 4.69) is 63.2 Å². The highest BCUT2D eigenvalue weighted by Gasteiger charge is 2.30. The van der Waals surface area contributed by atoms with Crippen molar-refractivity contribution >= 4 is 17.1 Å². The van der Waals surface area contributed by atoms with Gasteiger partial charge in [0.15, 0.2) is 0 Å². The van der Waals surface area contributed by atoms with Crippen molar-refractivity contribution in [1.29, 1.82) is 0 Å². The summed E-state index contributed by atoms with van der Waals surface area (Å²) in [5, 5.41) is 8.35. The minimum absolute atomic E-state index is 0.337. The van der Waals surface area contributed by atoms with E-state index in [1.807, 2.05) is 6.34 Å². The Morgan fingerprint density at radius 3 is 2.82 bits per heavy atom. The van der Waals surface area contributed by atoms with Crippen molar-refractivity contribution in [2.45, 2.75) is 18.9 Å². The lowest BCUT2D eigenvalue weighted by Gasteiger charge is -2.36. The van der Waals surface area contributed by atoms with E-state index in [1.54, 1.807) is 0 Å². The van der Waals surface area contributed by atoms with Gasteiger partial charge in [0, 0.05) is 6.54 Å². The monoisotopic (exact) mass is 294 g/mol. The number of hydrogen-bond donors (Lipinski definition) is 2. The summed E-state index contributed by atoms with van der Waals surface area (Å²) in [5.41, 5.74) is 4.75. The van der Waals surface area contributed by atoms with E-state index in [1.165, 1.54) is 29.2 Å². The highest BCUT2D eigenvalue weighted by atomic mass is 15.6. The third-order valence-corrected chi connectivity index (χ3v) is 4.75. The highest BCUT2D eigenvalue weighted by Crippen LogP contribution is 2.33. The van der Waals surface area contributed by atoms with Crippen molar-refractivity contribution in [2.75, 3.05) is 19.8 Å². The Balaban J connectivity index is 1.72. The van der Waals surface area contributed by atoms with Crippen molar-refractivity contribution in [3.8, 4) is 0 Å². The van der Waals surface area contributed by atoms with Crippen LogP contribution in [0, 0.1) is 5.92 Å². The molecule has 0 aromatic heterocycles. The van der Waals surface area contributed by atoms with Crippen LogP contribution < -0.4 is 10.7 Å². The third kappa shape index (κ3) is 2.60. The average molecular weight is 294 g/mol. The number of benzene rings is 2. The molecule has 0 bridgehead atoms. The van der Waals surface area contributed by atoms with Crippen LogP contribution >= 0.6 is 0 Å². The molecular weight excluding hydrogens is 272 g/mol. The molecule has 0 amide bonds. The molecule has 2 atom stereocenters. The van der Waals surface area contributed by atoms with Gasteiger partial charge >= 0.3 is 0 Å². The van der Waals surface area contributed by atoms with Crippen LogP contribution in [-0.4, -0.2) is 31.1 Å². The zero-order chi connectivity index (χ0) is 14.8. The molecule has 2 aliphatic rings. The van der Waals surface area contributed by atoms with Gasteiger partial charge in [0.25, 0.3) is 0 Å². The number of piperidine rings is 1. The smallest absolute Gasteiger partial charge is 0.107 e. The summed E-state index contributed by atoms with van der Waals surface area (Å²) in [4.78, 5) is 4.34. The summed E-state index contributed by atoms with van der Waals surface area (Å²) in [5.74, 6) is 0.604. The van der Waals surface area contributed by atoms with Gasteiger partial charge in [-0.2, -0.15) is 0 Å². The molecular formula is C18H22N4. The first-order valence-corrected chi connectivity index (χ1v) is 8.13. The quantitative estimate of drug-likeness (QED) is 0.914. The van der Waals surface area contributed by atoms with Crippen molar-refractivity contribution < 1.29 is 0 Å². The van der Waals surface area contributed by atoms with Gasteiger partial charge in [0.1, 0.15) is 13.0 Å². The molecule has 0 spiro atoms. The first-order chi connectivity index (χ1) is 10.9. The number of fused-ring (bicyclic) bond motifs is 1. The minimum Gasteiger partial charge on any atom is -0.316 e. The molecule has 4 nitrogen and oxygen atoms in total. The fourth-order valence-corrected chi connectivity index (χ4v) is 3.66. The molecule has 0 radical (unpaired) electrons. The lowest BCUT2D eigenvalue weighted by molar-refractivity contribution is 0.165. The van der Waals surface area contributed by atoms with Gasteiger partial charge in [-0.25, -0.2) is 5.43 Å². The van der Waals surface area contributed by atoms with Crippen LogP contribution in [0.25, 0.3) is 10.8 Å². The second-order valence-electron chi connectivity index (χ2n) is 6.18. The fraction of sp³-hybridized carbons (Fsp3) is 0.389. The molecule has 4 heteroatoms. The molecule has 0 saturated carbocycles. The molecule has 2 heterocycles. The lowest BCUT2D eigenvalue weighted by Crippen LogP contribution is -2.44. The van der Waals surface area contributed by atoms with E-state index in [-0.39, 0.29) is 0 Å². The van der Waals surface area contributed by atoms with E-state index in [4.69, 9.17) is 0 Å². The Morgan fingerprint density at radius 2 is 2.05 bits per heavy atom. The molecule has 4 rings (SSSR count). The van der Waals surface area contributed by atoms with E-state index in [9.17, 15) is 0 Å². The van der Waals surface area contributed by atoms with E-state index < -0.39 is 0 Å². The van der Waals surface area contributed by atoms with Gasteiger partial charge in [0.05, 0.1) is 6.04 Å². The fourth-order valence-electron chi connectivity index (χ4n) is 3.66. The Morgan fingerprint density at radius 1 is 1.14 bits per heavy atom. The summed E-state index contributed by atoms with van der Waals surface area (Å²) in [7, 11) is 0. The topological polar surface area (TPSA) is 39.7 Å². The molecule has 114 valence electrons. The molecule has 1 fully saturated rings. The normalized spacial score (nSPS) is 23.1. The molecule has 22 heavy (non-hydrogen) atoms. The van der Waals surface area contributed by atoms with Gasteiger partial charge in [-0.3, -0.25) is 10.0 Å². The Labute approximate surface area is 131 Å². The van der Waals surface area contributed by atoms with E-state index in [0.29, 0.717) is 18.6 Å². The SMILES string of the molecule is C1=NCNN1C(c1ccc2ccccc2c1)[C@H]1CCCNC1. The number of nitrogens with zero attached hydrogens (tertiary/aromatic N) is 2. The number of hydrazine groups is 1. The van der Waals surface area contributed by atoms with Crippen LogP contribution in [-0.2, 0) is 0 Å². The van der Waals surface area contributed by atoms with E-state index >= 15 is 0 Å². The van der Waals surface area contributed by atoms with Gasteiger partial charge in [-0.05, 0) is 47.7 Å².